The number of rotatable bonds is 5. The Bertz CT molecular complexity index is 721. The molecule has 108 valence electrons. The molecule has 0 aliphatic carbocycles. The van der Waals surface area contributed by atoms with Gasteiger partial charge in [0.1, 0.15) is 18.0 Å². The number of ether oxygens (including phenoxy) is 1. The van der Waals surface area contributed by atoms with E-state index in [0.29, 0.717) is 13.2 Å². The van der Waals surface area contributed by atoms with Gasteiger partial charge in [0, 0.05) is 12.4 Å². The summed E-state index contributed by atoms with van der Waals surface area (Å²) < 4.78 is 8.89. The third kappa shape index (κ3) is 3.09. The number of aromatic nitrogens is 2. The van der Waals surface area contributed by atoms with Crippen molar-refractivity contribution in [3.8, 4) is 5.75 Å². The second-order valence-electron chi connectivity index (χ2n) is 4.75. The molecule has 2 N–H and O–H groups in total. The van der Waals surface area contributed by atoms with Gasteiger partial charge in [-0.2, -0.15) is 0 Å². The summed E-state index contributed by atoms with van der Waals surface area (Å²) in [6, 6.07) is 11.9. The van der Waals surface area contributed by atoms with Crippen LogP contribution in [0.3, 0.4) is 0 Å². The molecule has 0 bridgehead atoms. The molecule has 0 spiro atoms. The molecule has 5 heteroatoms. The Balaban J connectivity index is 1.81. The number of nitrogens with two attached hydrogens (primary N) is 1. The van der Waals surface area contributed by atoms with E-state index in [1.165, 1.54) is 0 Å². The third-order valence-electron chi connectivity index (χ3n) is 3.24. The molecule has 21 heavy (non-hydrogen) atoms. The van der Waals surface area contributed by atoms with E-state index in [0.717, 1.165) is 33.5 Å². The van der Waals surface area contributed by atoms with Crippen LogP contribution in [0, 0.1) is 0 Å². The van der Waals surface area contributed by atoms with Gasteiger partial charge in [0.15, 0.2) is 0 Å². The van der Waals surface area contributed by atoms with Crippen molar-refractivity contribution < 1.29 is 4.74 Å². The van der Waals surface area contributed by atoms with Gasteiger partial charge in [0.2, 0.25) is 0 Å². The van der Waals surface area contributed by atoms with Gasteiger partial charge in [-0.15, -0.1) is 0 Å². The van der Waals surface area contributed by atoms with Crippen molar-refractivity contribution in [2.24, 2.45) is 5.73 Å². The first-order valence-corrected chi connectivity index (χ1v) is 7.60. The standard InChI is InChI=1S/C16H16BrN3O/c17-14-5-3-4-12(7-8-18)16(14)21-11-13-10-20-9-2-1-6-15(20)19-13/h1-6,9-10H,7-8,11,18H2. The first-order valence-electron chi connectivity index (χ1n) is 6.81. The molecule has 0 amide bonds. The monoisotopic (exact) mass is 345 g/mol. The Morgan fingerprint density at radius 3 is 2.90 bits per heavy atom. The van der Waals surface area contributed by atoms with Gasteiger partial charge in [-0.1, -0.05) is 18.2 Å². The number of imidazole rings is 1. The Morgan fingerprint density at radius 2 is 2.10 bits per heavy atom. The zero-order valence-electron chi connectivity index (χ0n) is 11.5. The van der Waals surface area contributed by atoms with E-state index >= 15 is 0 Å². The van der Waals surface area contributed by atoms with Crippen LogP contribution in [-0.2, 0) is 13.0 Å². The fourth-order valence-electron chi connectivity index (χ4n) is 2.27. The summed E-state index contributed by atoms with van der Waals surface area (Å²) in [5.74, 6) is 0.847. The van der Waals surface area contributed by atoms with Crippen LogP contribution in [0.5, 0.6) is 5.75 Å². The highest BCUT2D eigenvalue weighted by atomic mass is 79.9. The average Bonchev–Trinajstić information content (AvgIpc) is 2.90. The minimum atomic E-state index is 0.432. The number of para-hydroxylation sites is 1. The van der Waals surface area contributed by atoms with Crippen molar-refractivity contribution >= 4 is 21.6 Å². The van der Waals surface area contributed by atoms with E-state index in [-0.39, 0.29) is 0 Å². The van der Waals surface area contributed by atoms with E-state index in [1.807, 2.05) is 53.2 Å². The summed E-state index contributed by atoms with van der Waals surface area (Å²) in [6.07, 6.45) is 4.75. The molecule has 2 heterocycles. The lowest BCUT2D eigenvalue weighted by Crippen LogP contribution is -2.06. The van der Waals surface area contributed by atoms with Crippen LogP contribution in [0.1, 0.15) is 11.3 Å². The van der Waals surface area contributed by atoms with E-state index in [4.69, 9.17) is 10.5 Å². The minimum Gasteiger partial charge on any atom is -0.486 e. The summed E-state index contributed by atoms with van der Waals surface area (Å²) in [6.45, 7) is 1.03. The molecule has 0 atom stereocenters. The number of hydrogen-bond acceptors (Lipinski definition) is 3. The highest BCUT2D eigenvalue weighted by Gasteiger charge is 2.09. The molecule has 3 rings (SSSR count). The Kier molecular flexibility index (Phi) is 4.22. The SMILES string of the molecule is NCCc1cccc(Br)c1OCc1cn2ccccc2n1. The van der Waals surface area contributed by atoms with Crippen molar-refractivity contribution in [1.82, 2.24) is 9.38 Å². The first kappa shape index (κ1) is 14.1. The maximum Gasteiger partial charge on any atom is 0.137 e. The molecule has 0 aliphatic heterocycles. The number of fused-ring (bicyclic) bond motifs is 1. The largest absolute Gasteiger partial charge is 0.486 e. The lowest BCUT2D eigenvalue weighted by Gasteiger charge is -2.11. The number of halogens is 1. The highest BCUT2D eigenvalue weighted by Crippen LogP contribution is 2.30. The number of pyridine rings is 1. The van der Waals surface area contributed by atoms with E-state index in [9.17, 15) is 0 Å². The summed E-state index contributed by atoms with van der Waals surface area (Å²) >= 11 is 3.53. The third-order valence-corrected chi connectivity index (χ3v) is 3.86. The van der Waals surface area contributed by atoms with E-state index in [2.05, 4.69) is 20.9 Å². The van der Waals surface area contributed by atoms with Gasteiger partial charge in [-0.3, -0.25) is 0 Å². The second kappa shape index (κ2) is 6.28. The maximum absolute atomic E-state index is 5.96. The average molecular weight is 346 g/mol. The van der Waals surface area contributed by atoms with Crippen LogP contribution < -0.4 is 10.5 Å². The number of nitrogens with zero attached hydrogens (tertiary/aromatic N) is 2. The van der Waals surface area contributed by atoms with E-state index < -0.39 is 0 Å². The fourth-order valence-corrected chi connectivity index (χ4v) is 2.79. The predicted octanol–water partition coefficient (Wildman–Crippen LogP) is 3.18. The van der Waals surface area contributed by atoms with Crippen molar-refractivity contribution in [2.75, 3.05) is 6.54 Å². The smallest absolute Gasteiger partial charge is 0.137 e. The normalized spacial score (nSPS) is 11.0. The van der Waals surface area contributed by atoms with Crippen molar-refractivity contribution in [3.63, 3.8) is 0 Å². The molecule has 2 aromatic heterocycles. The zero-order valence-corrected chi connectivity index (χ0v) is 13.1. The quantitative estimate of drug-likeness (QED) is 0.772. The van der Waals surface area contributed by atoms with Crippen LogP contribution >= 0.6 is 15.9 Å². The number of benzene rings is 1. The first-order chi connectivity index (χ1) is 10.3. The van der Waals surface area contributed by atoms with Crippen LogP contribution in [-0.4, -0.2) is 15.9 Å². The van der Waals surface area contributed by atoms with Crippen molar-refractivity contribution in [1.29, 1.82) is 0 Å². The summed E-state index contributed by atoms with van der Waals surface area (Å²) in [4.78, 5) is 4.53. The zero-order chi connectivity index (χ0) is 14.7. The molecule has 0 fully saturated rings. The van der Waals surface area contributed by atoms with Gasteiger partial charge in [-0.25, -0.2) is 4.98 Å². The van der Waals surface area contributed by atoms with Gasteiger partial charge in [0.05, 0.1) is 10.2 Å². The van der Waals surface area contributed by atoms with Crippen molar-refractivity contribution in [3.05, 3.63) is 64.5 Å². The maximum atomic E-state index is 5.96. The Hall–Kier alpha value is -1.85. The topological polar surface area (TPSA) is 52.5 Å². The predicted molar refractivity (Wildman–Crippen MR) is 86.4 cm³/mol. The molecule has 0 saturated carbocycles. The van der Waals surface area contributed by atoms with Gasteiger partial charge < -0.3 is 14.9 Å². The summed E-state index contributed by atoms with van der Waals surface area (Å²) in [7, 11) is 0. The van der Waals surface area contributed by atoms with Crippen LogP contribution in [0.25, 0.3) is 5.65 Å². The second-order valence-corrected chi connectivity index (χ2v) is 5.61. The van der Waals surface area contributed by atoms with Crippen molar-refractivity contribution in [2.45, 2.75) is 13.0 Å². The molecule has 3 aromatic rings. The van der Waals surface area contributed by atoms with Gasteiger partial charge in [0.25, 0.3) is 0 Å². The Labute approximate surface area is 131 Å². The lowest BCUT2D eigenvalue weighted by molar-refractivity contribution is 0.297. The van der Waals surface area contributed by atoms with E-state index in [1.54, 1.807) is 0 Å². The fraction of sp³-hybridized carbons (Fsp3) is 0.188. The summed E-state index contributed by atoms with van der Waals surface area (Å²) in [5.41, 5.74) is 8.58. The molecule has 0 saturated heterocycles. The molecule has 4 nitrogen and oxygen atoms in total. The van der Waals surface area contributed by atoms with Gasteiger partial charge in [-0.05, 0) is 52.7 Å². The van der Waals surface area contributed by atoms with Crippen LogP contribution in [0.15, 0.2) is 53.3 Å². The molecular formula is C16H16BrN3O. The number of hydrogen-bond donors (Lipinski definition) is 1. The molecule has 0 radical (unpaired) electrons. The summed E-state index contributed by atoms with van der Waals surface area (Å²) in [5, 5.41) is 0. The highest BCUT2D eigenvalue weighted by molar-refractivity contribution is 9.10. The molecular weight excluding hydrogens is 330 g/mol. The minimum absolute atomic E-state index is 0.432. The molecule has 0 unspecified atom stereocenters. The molecule has 0 aliphatic rings. The molecule has 1 aromatic carbocycles. The Morgan fingerprint density at radius 1 is 1.19 bits per heavy atom. The van der Waals surface area contributed by atoms with Crippen LogP contribution in [0.2, 0.25) is 0 Å². The van der Waals surface area contributed by atoms with Gasteiger partial charge >= 0.3 is 0 Å². The lowest BCUT2D eigenvalue weighted by atomic mass is 10.1. The van der Waals surface area contributed by atoms with Crippen LogP contribution in [0.4, 0.5) is 0 Å².